The van der Waals surface area contributed by atoms with E-state index in [0.29, 0.717) is 6.42 Å². The second kappa shape index (κ2) is 6.00. The fourth-order valence-corrected chi connectivity index (χ4v) is 1.27. The summed E-state index contributed by atoms with van der Waals surface area (Å²) >= 11 is 0. The van der Waals surface area contributed by atoms with Crippen molar-refractivity contribution in [3.05, 3.63) is 22.2 Å². The third-order valence-electron chi connectivity index (χ3n) is 2.31. The van der Waals surface area contributed by atoms with Crippen LogP contribution in [0.25, 0.3) is 0 Å². The minimum atomic E-state index is -0.529. The summed E-state index contributed by atoms with van der Waals surface area (Å²) in [7, 11) is 1.43. The van der Waals surface area contributed by atoms with Crippen LogP contribution in [-0.4, -0.2) is 34.8 Å². The Kier molecular flexibility index (Phi) is 4.65. The number of pyridine rings is 1. The van der Waals surface area contributed by atoms with E-state index in [2.05, 4.69) is 10.3 Å². The number of hydrogen-bond acceptors (Lipinski definition) is 6. The van der Waals surface area contributed by atoms with E-state index in [1.54, 1.807) is 0 Å². The number of aliphatic hydroxyl groups excluding tert-OH is 1. The summed E-state index contributed by atoms with van der Waals surface area (Å²) in [6, 6.07) is 2.47. The highest BCUT2D eigenvalue weighted by Crippen LogP contribution is 2.25. The average molecular weight is 241 g/mol. The van der Waals surface area contributed by atoms with Crippen molar-refractivity contribution in [2.45, 2.75) is 19.4 Å². The number of anilines is 1. The topological polar surface area (TPSA) is 97.5 Å². The third kappa shape index (κ3) is 3.28. The zero-order valence-electron chi connectivity index (χ0n) is 9.71. The van der Waals surface area contributed by atoms with Crippen LogP contribution < -0.4 is 10.1 Å². The third-order valence-corrected chi connectivity index (χ3v) is 2.31. The minimum absolute atomic E-state index is 0.107. The number of ether oxygens (including phenoxy) is 1. The Morgan fingerprint density at radius 2 is 2.35 bits per heavy atom. The number of nitrogens with zero attached hydrogens (tertiary/aromatic N) is 2. The van der Waals surface area contributed by atoms with Gasteiger partial charge in [0.25, 0.3) is 0 Å². The van der Waals surface area contributed by atoms with E-state index >= 15 is 0 Å². The molecule has 0 spiro atoms. The molecule has 0 saturated heterocycles. The maximum absolute atomic E-state index is 10.8. The number of rotatable bonds is 6. The molecule has 0 bridgehead atoms. The molecule has 0 radical (unpaired) electrons. The summed E-state index contributed by atoms with van der Waals surface area (Å²) in [5.74, 6) is 0.390. The fraction of sp³-hybridized carbons (Fsp3) is 0.500. The maximum Gasteiger partial charge on any atom is 0.311 e. The summed E-state index contributed by atoms with van der Waals surface area (Å²) in [5.41, 5.74) is -0.141. The lowest BCUT2D eigenvalue weighted by Gasteiger charge is -2.14. The monoisotopic (exact) mass is 241 g/mol. The van der Waals surface area contributed by atoms with Crippen LogP contribution in [0.4, 0.5) is 11.5 Å². The standard InChI is InChI=1S/C10H15N3O4/c1-3-7(6-14)11-10-8(13(15)16)4-5-9(12-10)17-2/h4-5,7,14H,3,6H2,1-2H3,(H,11,12)/t7-/m1/s1. The zero-order valence-corrected chi connectivity index (χ0v) is 9.71. The van der Waals surface area contributed by atoms with Crippen molar-refractivity contribution in [2.24, 2.45) is 0 Å². The van der Waals surface area contributed by atoms with E-state index in [1.165, 1.54) is 19.2 Å². The molecule has 0 aromatic carbocycles. The first-order valence-electron chi connectivity index (χ1n) is 5.19. The largest absolute Gasteiger partial charge is 0.481 e. The van der Waals surface area contributed by atoms with E-state index in [9.17, 15) is 10.1 Å². The van der Waals surface area contributed by atoms with Gasteiger partial charge in [0.05, 0.1) is 24.7 Å². The van der Waals surface area contributed by atoms with Crippen LogP contribution in [-0.2, 0) is 0 Å². The van der Waals surface area contributed by atoms with Gasteiger partial charge < -0.3 is 15.2 Å². The molecule has 7 heteroatoms. The van der Waals surface area contributed by atoms with Crippen LogP contribution in [0, 0.1) is 10.1 Å². The number of methoxy groups -OCH3 is 1. The summed E-state index contributed by atoms with van der Waals surface area (Å²) < 4.78 is 4.90. The van der Waals surface area contributed by atoms with Gasteiger partial charge in [-0.25, -0.2) is 0 Å². The van der Waals surface area contributed by atoms with E-state index in [4.69, 9.17) is 9.84 Å². The van der Waals surface area contributed by atoms with Crippen molar-refractivity contribution < 1.29 is 14.8 Å². The number of hydrogen-bond donors (Lipinski definition) is 2. The van der Waals surface area contributed by atoms with Crippen LogP contribution in [0.5, 0.6) is 5.88 Å². The number of aromatic nitrogens is 1. The van der Waals surface area contributed by atoms with E-state index < -0.39 is 4.92 Å². The molecule has 1 heterocycles. The molecule has 17 heavy (non-hydrogen) atoms. The molecule has 0 aliphatic rings. The van der Waals surface area contributed by atoms with Crippen LogP contribution in [0.3, 0.4) is 0 Å². The number of nitro groups is 1. The molecule has 1 rings (SSSR count). The average Bonchev–Trinajstić information content (AvgIpc) is 2.35. The quantitative estimate of drug-likeness (QED) is 0.573. The van der Waals surface area contributed by atoms with Crippen LogP contribution >= 0.6 is 0 Å². The lowest BCUT2D eigenvalue weighted by Crippen LogP contribution is -2.23. The molecule has 1 aromatic rings. The predicted molar refractivity (Wildman–Crippen MR) is 62.2 cm³/mol. The molecule has 0 amide bonds. The Morgan fingerprint density at radius 1 is 1.65 bits per heavy atom. The molecule has 7 nitrogen and oxygen atoms in total. The van der Waals surface area contributed by atoms with Gasteiger partial charge in [-0.05, 0) is 6.42 Å². The van der Waals surface area contributed by atoms with Gasteiger partial charge in [0.2, 0.25) is 11.7 Å². The summed E-state index contributed by atoms with van der Waals surface area (Å²) in [6.45, 7) is 1.74. The normalized spacial score (nSPS) is 11.9. The highest BCUT2D eigenvalue weighted by molar-refractivity contribution is 5.57. The lowest BCUT2D eigenvalue weighted by atomic mass is 10.2. The number of aliphatic hydroxyl groups is 1. The Balaban J connectivity index is 3.04. The van der Waals surface area contributed by atoms with Gasteiger partial charge in [0.15, 0.2) is 0 Å². The smallest absolute Gasteiger partial charge is 0.311 e. The van der Waals surface area contributed by atoms with Crippen molar-refractivity contribution in [2.75, 3.05) is 19.0 Å². The summed E-state index contributed by atoms with van der Waals surface area (Å²) in [4.78, 5) is 14.2. The molecule has 0 unspecified atom stereocenters. The van der Waals surface area contributed by atoms with Gasteiger partial charge in [-0.15, -0.1) is 0 Å². The van der Waals surface area contributed by atoms with Gasteiger partial charge in [-0.3, -0.25) is 10.1 Å². The highest BCUT2D eigenvalue weighted by atomic mass is 16.6. The zero-order chi connectivity index (χ0) is 12.8. The Bertz CT molecular complexity index is 393. The maximum atomic E-state index is 10.8. The molecular formula is C10H15N3O4. The number of nitrogens with one attached hydrogen (secondary N) is 1. The minimum Gasteiger partial charge on any atom is -0.481 e. The summed E-state index contributed by atoms with van der Waals surface area (Å²) in [6.07, 6.45) is 0.631. The van der Waals surface area contributed by atoms with Gasteiger partial charge in [-0.1, -0.05) is 6.92 Å². The van der Waals surface area contributed by atoms with Crippen molar-refractivity contribution in [1.29, 1.82) is 0 Å². The SMILES string of the molecule is CC[C@H](CO)Nc1nc(OC)ccc1[N+](=O)[O-]. The molecule has 1 atom stereocenters. The molecule has 0 saturated carbocycles. The van der Waals surface area contributed by atoms with Gasteiger partial charge in [-0.2, -0.15) is 4.98 Å². The molecule has 0 aliphatic heterocycles. The molecular weight excluding hydrogens is 226 g/mol. The molecule has 94 valence electrons. The van der Waals surface area contributed by atoms with Crippen LogP contribution in [0.15, 0.2) is 12.1 Å². The molecule has 2 N–H and O–H groups in total. The first-order valence-corrected chi connectivity index (χ1v) is 5.19. The Labute approximate surface area is 98.6 Å². The second-order valence-corrected chi connectivity index (χ2v) is 3.41. The Hall–Kier alpha value is -1.89. The van der Waals surface area contributed by atoms with Crippen molar-refractivity contribution >= 4 is 11.5 Å². The molecule has 0 fully saturated rings. The first kappa shape index (κ1) is 13.2. The second-order valence-electron chi connectivity index (χ2n) is 3.41. The van der Waals surface area contributed by atoms with Gasteiger partial charge in [0.1, 0.15) is 0 Å². The van der Waals surface area contributed by atoms with Gasteiger partial charge in [0, 0.05) is 12.1 Å². The van der Waals surface area contributed by atoms with E-state index in [-0.39, 0.29) is 30.0 Å². The van der Waals surface area contributed by atoms with Crippen molar-refractivity contribution in [1.82, 2.24) is 4.98 Å². The predicted octanol–water partition coefficient (Wildman–Crippen LogP) is 1.18. The van der Waals surface area contributed by atoms with Gasteiger partial charge >= 0.3 is 5.69 Å². The Morgan fingerprint density at radius 3 is 2.82 bits per heavy atom. The molecule has 0 aliphatic carbocycles. The van der Waals surface area contributed by atoms with Crippen molar-refractivity contribution in [3.8, 4) is 5.88 Å². The fourth-order valence-electron chi connectivity index (χ4n) is 1.27. The lowest BCUT2D eigenvalue weighted by molar-refractivity contribution is -0.384. The summed E-state index contributed by atoms with van der Waals surface area (Å²) in [5, 5.41) is 22.7. The van der Waals surface area contributed by atoms with Crippen molar-refractivity contribution in [3.63, 3.8) is 0 Å². The van der Waals surface area contributed by atoms with Crippen LogP contribution in [0.1, 0.15) is 13.3 Å². The van der Waals surface area contributed by atoms with E-state index in [1.807, 2.05) is 6.92 Å². The molecule has 1 aromatic heterocycles. The van der Waals surface area contributed by atoms with E-state index in [0.717, 1.165) is 0 Å². The van der Waals surface area contributed by atoms with Crippen LogP contribution in [0.2, 0.25) is 0 Å². The highest BCUT2D eigenvalue weighted by Gasteiger charge is 2.18. The first-order chi connectivity index (χ1) is 8.12.